The van der Waals surface area contributed by atoms with Crippen molar-refractivity contribution in [2.45, 2.75) is 0 Å². The fraction of sp³-hybridized carbons (Fsp3) is 0.100. The van der Waals surface area contributed by atoms with E-state index in [-0.39, 0.29) is 0 Å². The van der Waals surface area contributed by atoms with Crippen molar-refractivity contribution in [1.29, 1.82) is 0 Å². The maximum atomic E-state index is 6.03. The molecule has 0 aliphatic heterocycles. The van der Waals surface area contributed by atoms with Crippen LogP contribution in [0.1, 0.15) is 0 Å². The second kappa shape index (κ2) is 4.49. The minimum absolute atomic E-state index is 0.442. The summed E-state index contributed by atoms with van der Waals surface area (Å²) in [5.74, 6) is 0.531. The Hall–Kier alpha value is -0.970. The van der Waals surface area contributed by atoms with Gasteiger partial charge in [0.2, 0.25) is 0 Å². The van der Waals surface area contributed by atoms with Gasteiger partial charge < -0.3 is 10.5 Å². The molecule has 1 aromatic carbocycles. The Morgan fingerprint density at radius 1 is 1.38 bits per heavy atom. The molecular weight excluding hydrogens is 267 g/mol. The van der Waals surface area contributed by atoms with Gasteiger partial charge in [-0.05, 0) is 12.1 Å². The summed E-state index contributed by atoms with van der Waals surface area (Å²) in [6.45, 7) is 0. The summed E-state index contributed by atoms with van der Waals surface area (Å²) in [4.78, 5) is 4.17. The Kier molecular flexibility index (Phi) is 3.23. The number of rotatable bonds is 2. The number of halogens is 2. The van der Waals surface area contributed by atoms with E-state index in [4.69, 9.17) is 33.7 Å². The average Bonchev–Trinajstić information content (AvgIpc) is 2.63. The molecule has 16 heavy (non-hydrogen) atoms. The third kappa shape index (κ3) is 1.96. The van der Waals surface area contributed by atoms with Gasteiger partial charge in [-0.1, -0.05) is 23.2 Å². The van der Waals surface area contributed by atoms with Crippen LogP contribution in [0, 0.1) is 0 Å². The first-order valence-electron chi connectivity index (χ1n) is 4.36. The zero-order valence-electron chi connectivity index (χ0n) is 8.33. The standard InChI is InChI=1S/C10H8Cl2N2OS/c1-15-9-6(2-5(11)3-7(9)12)8-10(13)16-4-14-8/h2-4H,13H2,1H3. The molecule has 0 aliphatic rings. The molecule has 0 atom stereocenters. The largest absolute Gasteiger partial charge is 0.494 e. The van der Waals surface area contributed by atoms with Crippen molar-refractivity contribution in [3.05, 3.63) is 27.7 Å². The van der Waals surface area contributed by atoms with Gasteiger partial charge in [0.05, 0.1) is 17.6 Å². The molecule has 0 aliphatic carbocycles. The SMILES string of the molecule is COc1c(Cl)cc(Cl)cc1-c1ncsc1N. The lowest BCUT2D eigenvalue weighted by molar-refractivity contribution is 0.416. The monoisotopic (exact) mass is 274 g/mol. The number of nitrogen functional groups attached to an aromatic ring is 1. The summed E-state index contributed by atoms with van der Waals surface area (Å²) in [6.07, 6.45) is 0. The third-order valence-corrected chi connectivity index (χ3v) is 3.22. The van der Waals surface area contributed by atoms with E-state index in [1.807, 2.05) is 0 Å². The van der Waals surface area contributed by atoms with E-state index in [9.17, 15) is 0 Å². The van der Waals surface area contributed by atoms with E-state index in [2.05, 4.69) is 4.98 Å². The lowest BCUT2D eigenvalue weighted by atomic mass is 10.1. The Morgan fingerprint density at radius 2 is 2.12 bits per heavy atom. The number of nitrogens with two attached hydrogens (primary N) is 1. The number of benzene rings is 1. The van der Waals surface area contributed by atoms with Gasteiger partial charge >= 0.3 is 0 Å². The van der Waals surface area contributed by atoms with Crippen LogP contribution in [0.3, 0.4) is 0 Å². The van der Waals surface area contributed by atoms with Gasteiger partial charge in [-0.3, -0.25) is 0 Å². The average molecular weight is 275 g/mol. The molecule has 2 rings (SSSR count). The molecule has 3 nitrogen and oxygen atoms in total. The predicted molar refractivity (Wildman–Crippen MR) is 68.5 cm³/mol. The van der Waals surface area contributed by atoms with Gasteiger partial charge in [-0.15, -0.1) is 11.3 Å². The lowest BCUT2D eigenvalue weighted by Crippen LogP contribution is -1.92. The van der Waals surface area contributed by atoms with E-state index in [0.29, 0.717) is 32.1 Å². The normalized spacial score (nSPS) is 10.4. The van der Waals surface area contributed by atoms with Crippen LogP contribution in [0.25, 0.3) is 11.3 Å². The van der Waals surface area contributed by atoms with E-state index in [1.165, 1.54) is 11.3 Å². The van der Waals surface area contributed by atoms with Crippen LogP contribution in [0.4, 0.5) is 5.00 Å². The van der Waals surface area contributed by atoms with Crippen LogP contribution in [0.5, 0.6) is 5.75 Å². The molecule has 1 aromatic heterocycles. The summed E-state index contributed by atoms with van der Waals surface area (Å²) >= 11 is 13.3. The van der Waals surface area contributed by atoms with Crippen LogP contribution < -0.4 is 10.5 Å². The Labute approximate surface area is 107 Å². The van der Waals surface area contributed by atoms with Gasteiger partial charge in [0.15, 0.2) is 0 Å². The molecule has 0 bridgehead atoms. The molecule has 84 valence electrons. The smallest absolute Gasteiger partial charge is 0.147 e. The summed E-state index contributed by atoms with van der Waals surface area (Å²) in [6, 6.07) is 3.35. The van der Waals surface area contributed by atoms with Gasteiger partial charge in [0, 0.05) is 10.6 Å². The number of hydrogen-bond acceptors (Lipinski definition) is 4. The van der Waals surface area contributed by atoms with Crippen molar-refractivity contribution < 1.29 is 4.74 Å². The summed E-state index contributed by atoms with van der Waals surface area (Å²) in [7, 11) is 1.54. The van der Waals surface area contributed by atoms with Crippen molar-refractivity contribution in [2.75, 3.05) is 12.8 Å². The molecule has 2 aromatic rings. The van der Waals surface area contributed by atoms with Gasteiger partial charge in [-0.2, -0.15) is 0 Å². The maximum absolute atomic E-state index is 6.03. The van der Waals surface area contributed by atoms with Crippen LogP contribution in [0.2, 0.25) is 10.0 Å². The molecule has 0 fully saturated rings. The molecule has 2 N–H and O–H groups in total. The first kappa shape index (κ1) is 11.5. The third-order valence-electron chi connectivity index (χ3n) is 2.06. The van der Waals surface area contributed by atoms with Crippen molar-refractivity contribution in [3.63, 3.8) is 0 Å². The zero-order valence-corrected chi connectivity index (χ0v) is 10.7. The highest BCUT2D eigenvalue weighted by Gasteiger charge is 2.15. The Bertz CT molecular complexity index is 528. The van der Waals surface area contributed by atoms with E-state index < -0.39 is 0 Å². The van der Waals surface area contributed by atoms with Gasteiger partial charge in [0.1, 0.15) is 16.4 Å². The Balaban J connectivity index is 2.68. The minimum Gasteiger partial charge on any atom is -0.494 e. The summed E-state index contributed by atoms with van der Waals surface area (Å²) < 4.78 is 5.23. The fourth-order valence-electron chi connectivity index (χ4n) is 1.40. The number of hydrogen-bond donors (Lipinski definition) is 1. The number of anilines is 1. The summed E-state index contributed by atoms with van der Waals surface area (Å²) in [5.41, 5.74) is 8.83. The van der Waals surface area contributed by atoms with E-state index in [1.54, 1.807) is 24.8 Å². The molecule has 0 amide bonds. The van der Waals surface area contributed by atoms with Crippen LogP contribution in [-0.4, -0.2) is 12.1 Å². The van der Waals surface area contributed by atoms with Crippen LogP contribution in [0.15, 0.2) is 17.6 Å². The number of aromatic nitrogens is 1. The van der Waals surface area contributed by atoms with Crippen molar-refractivity contribution in [2.24, 2.45) is 0 Å². The highest BCUT2D eigenvalue weighted by Crippen LogP contribution is 2.40. The number of thiazole rings is 1. The fourth-order valence-corrected chi connectivity index (χ4v) is 2.52. The number of methoxy groups -OCH3 is 1. The molecule has 6 heteroatoms. The first-order valence-corrected chi connectivity index (χ1v) is 5.99. The lowest BCUT2D eigenvalue weighted by Gasteiger charge is -2.09. The Morgan fingerprint density at radius 3 is 2.69 bits per heavy atom. The van der Waals surface area contributed by atoms with Crippen molar-refractivity contribution in [1.82, 2.24) is 4.98 Å². The number of nitrogens with zero attached hydrogens (tertiary/aromatic N) is 1. The van der Waals surface area contributed by atoms with Crippen molar-refractivity contribution in [3.8, 4) is 17.0 Å². The molecule has 1 heterocycles. The van der Waals surface area contributed by atoms with Gasteiger partial charge in [-0.25, -0.2) is 4.98 Å². The highest BCUT2D eigenvalue weighted by molar-refractivity contribution is 7.14. The van der Waals surface area contributed by atoms with Gasteiger partial charge in [0.25, 0.3) is 0 Å². The first-order chi connectivity index (χ1) is 7.63. The van der Waals surface area contributed by atoms with Crippen molar-refractivity contribution >= 4 is 39.5 Å². The quantitative estimate of drug-likeness (QED) is 0.908. The molecule has 0 saturated heterocycles. The minimum atomic E-state index is 0.442. The molecule has 0 unspecified atom stereocenters. The number of ether oxygens (including phenoxy) is 1. The predicted octanol–water partition coefficient (Wildman–Crippen LogP) is 3.71. The second-order valence-electron chi connectivity index (χ2n) is 3.03. The highest BCUT2D eigenvalue weighted by atomic mass is 35.5. The molecular formula is C10H8Cl2N2OS. The topological polar surface area (TPSA) is 48.1 Å². The van der Waals surface area contributed by atoms with Crippen LogP contribution in [-0.2, 0) is 0 Å². The maximum Gasteiger partial charge on any atom is 0.147 e. The molecule has 0 radical (unpaired) electrons. The second-order valence-corrected chi connectivity index (χ2v) is 4.76. The molecule has 0 saturated carbocycles. The van der Waals surface area contributed by atoms with Crippen LogP contribution >= 0.6 is 34.5 Å². The molecule has 0 spiro atoms. The van der Waals surface area contributed by atoms with E-state index in [0.717, 1.165) is 0 Å². The zero-order chi connectivity index (χ0) is 11.7. The summed E-state index contributed by atoms with van der Waals surface area (Å²) in [5, 5.41) is 1.57. The van der Waals surface area contributed by atoms with E-state index >= 15 is 0 Å².